The third-order valence-corrected chi connectivity index (χ3v) is 4.38. The SMILES string of the molecule is CC1Cc2ccccc2N(C(=N)C2CCCC2)C1. The minimum absolute atomic E-state index is 0.503. The van der Waals surface area contributed by atoms with Crippen molar-refractivity contribution < 1.29 is 0 Å². The van der Waals surface area contributed by atoms with Crippen molar-refractivity contribution in [3.8, 4) is 0 Å². The summed E-state index contributed by atoms with van der Waals surface area (Å²) < 4.78 is 0. The summed E-state index contributed by atoms with van der Waals surface area (Å²) in [6, 6.07) is 8.63. The normalized spacial score (nSPS) is 24.1. The molecule has 1 N–H and O–H groups in total. The zero-order chi connectivity index (χ0) is 12.5. The highest BCUT2D eigenvalue weighted by Gasteiger charge is 2.29. The van der Waals surface area contributed by atoms with E-state index in [1.54, 1.807) is 0 Å². The van der Waals surface area contributed by atoms with E-state index >= 15 is 0 Å². The van der Waals surface area contributed by atoms with Gasteiger partial charge in [-0.1, -0.05) is 38.0 Å². The van der Waals surface area contributed by atoms with Crippen LogP contribution in [0.4, 0.5) is 5.69 Å². The molecule has 0 radical (unpaired) electrons. The Labute approximate surface area is 110 Å². The van der Waals surface area contributed by atoms with Gasteiger partial charge in [0.1, 0.15) is 5.84 Å². The second-order valence-corrected chi connectivity index (χ2v) is 5.92. The Morgan fingerprint density at radius 1 is 1.22 bits per heavy atom. The van der Waals surface area contributed by atoms with Gasteiger partial charge < -0.3 is 4.90 Å². The summed E-state index contributed by atoms with van der Waals surface area (Å²) in [6.07, 6.45) is 6.19. The van der Waals surface area contributed by atoms with E-state index in [1.807, 2.05) is 0 Å². The molecule has 2 aliphatic rings. The number of hydrogen-bond acceptors (Lipinski definition) is 1. The molecule has 1 aliphatic carbocycles. The number of rotatable bonds is 1. The molecular formula is C16H22N2. The molecular weight excluding hydrogens is 220 g/mol. The van der Waals surface area contributed by atoms with Gasteiger partial charge in [-0.25, -0.2) is 0 Å². The molecule has 0 amide bonds. The Hall–Kier alpha value is -1.31. The van der Waals surface area contributed by atoms with Crippen molar-refractivity contribution in [2.24, 2.45) is 11.8 Å². The van der Waals surface area contributed by atoms with E-state index in [4.69, 9.17) is 5.41 Å². The standard InChI is InChI=1S/C16H22N2/c1-12-10-14-8-4-5-9-15(14)18(11-12)16(17)13-6-2-3-7-13/h4-5,8-9,12-13,17H,2-3,6-7,10-11H2,1H3. The molecule has 0 spiro atoms. The lowest BCUT2D eigenvalue weighted by molar-refractivity contribution is 0.556. The lowest BCUT2D eigenvalue weighted by Crippen LogP contribution is -2.41. The summed E-state index contributed by atoms with van der Waals surface area (Å²) >= 11 is 0. The van der Waals surface area contributed by atoms with Crippen LogP contribution in [0.2, 0.25) is 0 Å². The van der Waals surface area contributed by atoms with Crippen molar-refractivity contribution >= 4 is 11.5 Å². The van der Waals surface area contributed by atoms with Gasteiger partial charge in [0.05, 0.1) is 0 Å². The minimum atomic E-state index is 0.503. The van der Waals surface area contributed by atoms with E-state index in [9.17, 15) is 0 Å². The van der Waals surface area contributed by atoms with E-state index < -0.39 is 0 Å². The molecule has 1 heterocycles. The zero-order valence-electron chi connectivity index (χ0n) is 11.2. The van der Waals surface area contributed by atoms with E-state index in [-0.39, 0.29) is 0 Å². The van der Waals surface area contributed by atoms with Gasteiger partial charge in [-0.05, 0) is 36.8 Å². The van der Waals surface area contributed by atoms with E-state index in [0.717, 1.165) is 18.8 Å². The van der Waals surface area contributed by atoms with Crippen LogP contribution in [0, 0.1) is 17.2 Å². The van der Waals surface area contributed by atoms with Crippen molar-refractivity contribution in [2.45, 2.75) is 39.0 Å². The number of amidine groups is 1. The maximum atomic E-state index is 8.53. The van der Waals surface area contributed by atoms with Crippen LogP contribution in [0.5, 0.6) is 0 Å². The van der Waals surface area contributed by atoms with Crippen LogP contribution in [-0.4, -0.2) is 12.4 Å². The van der Waals surface area contributed by atoms with Gasteiger partial charge in [-0.2, -0.15) is 0 Å². The Morgan fingerprint density at radius 2 is 1.94 bits per heavy atom. The fraction of sp³-hybridized carbons (Fsp3) is 0.562. The highest BCUT2D eigenvalue weighted by molar-refractivity contribution is 5.98. The van der Waals surface area contributed by atoms with Crippen LogP contribution in [0.25, 0.3) is 0 Å². The third-order valence-electron chi connectivity index (χ3n) is 4.38. The van der Waals surface area contributed by atoms with E-state index in [0.29, 0.717) is 11.8 Å². The quantitative estimate of drug-likeness (QED) is 0.587. The first kappa shape index (κ1) is 11.8. The molecule has 2 heteroatoms. The predicted molar refractivity (Wildman–Crippen MR) is 76.3 cm³/mol. The maximum Gasteiger partial charge on any atom is 0.103 e. The number of anilines is 1. The van der Waals surface area contributed by atoms with Crippen LogP contribution in [0.3, 0.4) is 0 Å². The molecule has 1 aromatic rings. The first-order chi connectivity index (χ1) is 8.75. The molecule has 1 atom stereocenters. The van der Waals surface area contributed by atoms with Gasteiger partial charge in [0.25, 0.3) is 0 Å². The molecule has 1 aromatic carbocycles. The Bertz CT molecular complexity index is 446. The second-order valence-electron chi connectivity index (χ2n) is 5.92. The van der Waals surface area contributed by atoms with E-state index in [2.05, 4.69) is 36.1 Å². The zero-order valence-corrected chi connectivity index (χ0v) is 11.2. The molecule has 3 rings (SSSR count). The van der Waals surface area contributed by atoms with Crippen molar-refractivity contribution in [3.05, 3.63) is 29.8 Å². The van der Waals surface area contributed by atoms with Gasteiger partial charge in [0.15, 0.2) is 0 Å². The second kappa shape index (κ2) is 4.75. The first-order valence-corrected chi connectivity index (χ1v) is 7.19. The summed E-state index contributed by atoms with van der Waals surface area (Å²) in [5.41, 5.74) is 2.70. The first-order valence-electron chi connectivity index (χ1n) is 7.19. The number of nitrogens with zero attached hydrogens (tertiary/aromatic N) is 1. The molecule has 1 unspecified atom stereocenters. The average molecular weight is 242 g/mol. The number of benzene rings is 1. The fourth-order valence-electron chi connectivity index (χ4n) is 3.44. The molecule has 1 fully saturated rings. The maximum absolute atomic E-state index is 8.53. The highest BCUT2D eigenvalue weighted by Crippen LogP contribution is 2.34. The molecule has 2 nitrogen and oxygen atoms in total. The summed E-state index contributed by atoms with van der Waals surface area (Å²) in [5.74, 6) is 2.02. The van der Waals surface area contributed by atoms with Crippen molar-refractivity contribution in [1.29, 1.82) is 5.41 Å². The molecule has 18 heavy (non-hydrogen) atoms. The van der Waals surface area contributed by atoms with Crippen LogP contribution in [0.15, 0.2) is 24.3 Å². The summed E-state index contributed by atoms with van der Waals surface area (Å²) in [6.45, 7) is 3.32. The Balaban J connectivity index is 1.89. The van der Waals surface area contributed by atoms with Gasteiger partial charge in [0, 0.05) is 18.2 Å². The molecule has 0 bridgehead atoms. The molecule has 0 saturated heterocycles. The summed E-state index contributed by atoms with van der Waals surface area (Å²) in [5, 5.41) is 8.53. The molecule has 1 aliphatic heterocycles. The van der Waals surface area contributed by atoms with Gasteiger partial charge in [-0.3, -0.25) is 5.41 Å². The number of hydrogen-bond donors (Lipinski definition) is 1. The lowest BCUT2D eigenvalue weighted by atomic mass is 9.92. The van der Waals surface area contributed by atoms with Crippen LogP contribution in [0.1, 0.15) is 38.2 Å². The topological polar surface area (TPSA) is 27.1 Å². The monoisotopic (exact) mass is 242 g/mol. The van der Waals surface area contributed by atoms with Crippen molar-refractivity contribution in [3.63, 3.8) is 0 Å². The Morgan fingerprint density at radius 3 is 2.72 bits per heavy atom. The number of fused-ring (bicyclic) bond motifs is 1. The van der Waals surface area contributed by atoms with E-state index in [1.165, 1.54) is 36.9 Å². The van der Waals surface area contributed by atoms with Crippen LogP contribution in [-0.2, 0) is 6.42 Å². The average Bonchev–Trinajstić information content (AvgIpc) is 2.90. The van der Waals surface area contributed by atoms with Crippen LogP contribution >= 0.6 is 0 Å². The predicted octanol–water partition coefficient (Wildman–Crippen LogP) is 3.85. The van der Waals surface area contributed by atoms with Crippen molar-refractivity contribution in [1.82, 2.24) is 0 Å². The number of nitrogens with one attached hydrogen (secondary N) is 1. The fourth-order valence-corrected chi connectivity index (χ4v) is 3.44. The highest BCUT2D eigenvalue weighted by atomic mass is 15.2. The summed E-state index contributed by atoms with van der Waals surface area (Å²) in [7, 11) is 0. The smallest absolute Gasteiger partial charge is 0.103 e. The molecule has 0 aromatic heterocycles. The molecule has 1 saturated carbocycles. The van der Waals surface area contributed by atoms with Gasteiger partial charge in [-0.15, -0.1) is 0 Å². The number of para-hydroxylation sites is 1. The summed E-state index contributed by atoms with van der Waals surface area (Å²) in [4.78, 5) is 2.28. The minimum Gasteiger partial charge on any atom is -0.330 e. The van der Waals surface area contributed by atoms with Gasteiger partial charge in [0.2, 0.25) is 0 Å². The van der Waals surface area contributed by atoms with Crippen molar-refractivity contribution in [2.75, 3.05) is 11.4 Å². The third kappa shape index (κ3) is 2.05. The lowest BCUT2D eigenvalue weighted by Gasteiger charge is -2.36. The van der Waals surface area contributed by atoms with Gasteiger partial charge >= 0.3 is 0 Å². The largest absolute Gasteiger partial charge is 0.330 e. The Kier molecular flexibility index (Phi) is 3.11. The molecule has 96 valence electrons. The van der Waals surface area contributed by atoms with Crippen LogP contribution < -0.4 is 4.90 Å².